The highest BCUT2D eigenvalue weighted by atomic mass is 16.5. The monoisotopic (exact) mass is 274 g/mol. The normalized spacial score (nSPS) is 25.9. The summed E-state index contributed by atoms with van der Waals surface area (Å²) in [5, 5.41) is 0. The Bertz CT molecular complexity index is 570. The van der Waals surface area contributed by atoms with Crippen LogP contribution in [0.3, 0.4) is 0 Å². The summed E-state index contributed by atoms with van der Waals surface area (Å²) in [4.78, 5) is 26.4. The Balaban J connectivity index is 1.99. The van der Waals surface area contributed by atoms with Gasteiger partial charge in [0.15, 0.2) is 0 Å². The van der Waals surface area contributed by atoms with Crippen molar-refractivity contribution in [1.82, 2.24) is 4.90 Å². The highest BCUT2D eigenvalue weighted by molar-refractivity contribution is 6.23. The van der Waals surface area contributed by atoms with Gasteiger partial charge in [-0.15, -0.1) is 0 Å². The van der Waals surface area contributed by atoms with Crippen molar-refractivity contribution in [3.63, 3.8) is 0 Å². The quantitative estimate of drug-likeness (QED) is 0.659. The van der Waals surface area contributed by atoms with E-state index in [-0.39, 0.29) is 24.0 Å². The van der Waals surface area contributed by atoms with Crippen molar-refractivity contribution in [3.05, 3.63) is 29.3 Å². The van der Waals surface area contributed by atoms with E-state index in [1.165, 1.54) is 4.90 Å². The third-order valence-electron chi connectivity index (χ3n) is 4.28. The molecule has 3 rings (SSSR count). The van der Waals surface area contributed by atoms with Gasteiger partial charge >= 0.3 is 0 Å². The Labute approximate surface area is 117 Å². The number of nitrogens with zero attached hydrogens (tertiary/aromatic N) is 1. The standard InChI is InChI=1S/C15H18N2O3/c1-20-12-8-3-2-7-11(12)17-14(18)9-5-4-6-10(16)13(9)15(17)19/h4-6,11-12H,2-3,7-8,16H2,1H3. The van der Waals surface area contributed by atoms with Gasteiger partial charge in [0.05, 0.1) is 23.3 Å². The number of hydrogen-bond acceptors (Lipinski definition) is 4. The summed E-state index contributed by atoms with van der Waals surface area (Å²) < 4.78 is 5.46. The minimum atomic E-state index is -0.281. The molecule has 1 aromatic rings. The molecule has 2 amide bonds. The third-order valence-corrected chi connectivity index (χ3v) is 4.28. The molecule has 0 bridgehead atoms. The van der Waals surface area contributed by atoms with Gasteiger partial charge in [-0.1, -0.05) is 18.9 Å². The number of amides is 2. The van der Waals surface area contributed by atoms with Crippen LogP contribution in [0.15, 0.2) is 18.2 Å². The molecule has 2 unspecified atom stereocenters. The van der Waals surface area contributed by atoms with E-state index in [1.54, 1.807) is 25.3 Å². The first-order chi connectivity index (χ1) is 9.65. The largest absolute Gasteiger partial charge is 0.398 e. The number of rotatable bonds is 2. The molecule has 2 N–H and O–H groups in total. The molecule has 1 fully saturated rings. The highest BCUT2D eigenvalue weighted by Gasteiger charge is 2.44. The minimum Gasteiger partial charge on any atom is -0.398 e. The zero-order valence-electron chi connectivity index (χ0n) is 11.5. The van der Waals surface area contributed by atoms with Gasteiger partial charge < -0.3 is 10.5 Å². The summed E-state index contributed by atoms with van der Waals surface area (Å²) in [5.74, 6) is -0.525. The second-order valence-electron chi connectivity index (χ2n) is 5.38. The molecular weight excluding hydrogens is 256 g/mol. The first kappa shape index (κ1) is 13.1. The molecule has 5 nitrogen and oxygen atoms in total. The van der Waals surface area contributed by atoms with Crippen molar-refractivity contribution < 1.29 is 14.3 Å². The van der Waals surface area contributed by atoms with Gasteiger partial charge in [0.1, 0.15) is 0 Å². The van der Waals surface area contributed by atoms with E-state index in [4.69, 9.17) is 10.5 Å². The van der Waals surface area contributed by atoms with Crippen LogP contribution < -0.4 is 5.73 Å². The number of benzene rings is 1. The second-order valence-corrected chi connectivity index (χ2v) is 5.38. The van der Waals surface area contributed by atoms with E-state index in [0.29, 0.717) is 16.8 Å². The second kappa shape index (κ2) is 4.90. The number of hydrogen-bond donors (Lipinski definition) is 1. The van der Waals surface area contributed by atoms with Crippen LogP contribution in [0, 0.1) is 0 Å². The molecule has 1 aliphatic heterocycles. The van der Waals surface area contributed by atoms with Gasteiger partial charge in [-0.3, -0.25) is 14.5 Å². The molecule has 1 saturated carbocycles. The lowest BCUT2D eigenvalue weighted by atomic mass is 9.91. The number of anilines is 1. The Morgan fingerprint density at radius 3 is 2.65 bits per heavy atom. The van der Waals surface area contributed by atoms with Crippen LogP contribution in [0.25, 0.3) is 0 Å². The van der Waals surface area contributed by atoms with Crippen molar-refractivity contribution in [1.29, 1.82) is 0 Å². The summed E-state index contributed by atoms with van der Waals surface area (Å²) >= 11 is 0. The van der Waals surface area contributed by atoms with Crippen molar-refractivity contribution >= 4 is 17.5 Å². The van der Waals surface area contributed by atoms with E-state index in [9.17, 15) is 9.59 Å². The molecule has 20 heavy (non-hydrogen) atoms. The predicted molar refractivity (Wildman–Crippen MR) is 74.4 cm³/mol. The Morgan fingerprint density at radius 1 is 1.20 bits per heavy atom. The van der Waals surface area contributed by atoms with E-state index < -0.39 is 0 Å². The zero-order chi connectivity index (χ0) is 14.3. The van der Waals surface area contributed by atoms with Gasteiger partial charge in [0.2, 0.25) is 0 Å². The fourth-order valence-electron chi connectivity index (χ4n) is 3.28. The lowest BCUT2D eigenvalue weighted by molar-refractivity contribution is -0.000743. The maximum absolute atomic E-state index is 12.6. The van der Waals surface area contributed by atoms with Gasteiger partial charge in [-0.25, -0.2) is 0 Å². The van der Waals surface area contributed by atoms with Crippen LogP contribution in [0.5, 0.6) is 0 Å². The number of nitrogens with two attached hydrogens (primary N) is 1. The number of methoxy groups -OCH3 is 1. The van der Waals surface area contributed by atoms with Gasteiger partial charge in [-0.05, 0) is 25.0 Å². The average Bonchev–Trinajstić information content (AvgIpc) is 2.72. The molecule has 106 valence electrons. The summed E-state index contributed by atoms with van der Waals surface area (Å²) in [5.41, 5.74) is 6.98. The van der Waals surface area contributed by atoms with Crippen LogP contribution in [-0.2, 0) is 4.74 Å². The maximum atomic E-state index is 12.6. The molecule has 2 aliphatic rings. The lowest BCUT2D eigenvalue weighted by Crippen LogP contribution is -2.49. The molecule has 0 saturated heterocycles. The van der Waals surface area contributed by atoms with Gasteiger partial charge in [0.25, 0.3) is 11.8 Å². The van der Waals surface area contributed by atoms with Crippen molar-refractivity contribution in [2.24, 2.45) is 0 Å². The van der Waals surface area contributed by atoms with Crippen LogP contribution >= 0.6 is 0 Å². The molecule has 5 heteroatoms. The fourth-order valence-corrected chi connectivity index (χ4v) is 3.28. The molecule has 1 aliphatic carbocycles. The SMILES string of the molecule is COC1CCCCC1N1C(=O)c2cccc(N)c2C1=O. The highest BCUT2D eigenvalue weighted by Crippen LogP contribution is 2.34. The smallest absolute Gasteiger partial charge is 0.263 e. The fraction of sp³-hybridized carbons (Fsp3) is 0.467. The number of carbonyl (C=O) groups is 2. The van der Waals surface area contributed by atoms with Crippen LogP contribution in [0.4, 0.5) is 5.69 Å². The van der Waals surface area contributed by atoms with E-state index in [2.05, 4.69) is 0 Å². The van der Waals surface area contributed by atoms with Gasteiger partial charge in [0, 0.05) is 12.8 Å². The molecular formula is C15H18N2O3. The number of nitrogen functional groups attached to an aromatic ring is 1. The Morgan fingerprint density at radius 2 is 1.95 bits per heavy atom. The maximum Gasteiger partial charge on any atom is 0.263 e. The summed E-state index contributed by atoms with van der Waals surface area (Å²) in [6.07, 6.45) is 3.67. The molecule has 0 spiro atoms. The van der Waals surface area contributed by atoms with E-state index >= 15 is 0 Å². The van der Waals surface area contributed by atoms with E-state index in [1.807, 2.05) is 0 Å². The summed E-state index contributed by atoms with van der Waals surface area (Å²) in [6, 6.07) is 4.84. The lowest BCUT2D eigenvalue weighted by Gasteiger charge is -2.35. The number of ether oxygens (including phenoxy) is 1. The topological polar surface area (TPSA) is 72.6 Å². The number of imide groups is 1. The van der Waals surface area contributed by atoms with Crippen LogP contribution in [-0.4, -0.2) is 36.0 Å². The first-order valence-electron chi connectivity index (χ1n) is 6.94. The van der Waals surface area contributed by atoms with Crippen molar-refractivity contribution in [2.45, 2.75) is 37.8 Å². The minimum absolute atomic E-state index is 0.0767. The Hall–Kier alpha value is -1.88. The molecule has 1 aromatic carbocycles. The average molecular weight is 274 g/mol. The molecule has 0 aromatic heterocycles. The molecule has 2 atom stereocenters. The zero-order valence-corrected chi connectivity index (χ0v) is 11.5. The van der Waals surface area contributed by atoms with E-state index in [0.717, 1.165) is 25.7 Å². The Kier molecular flexibility index (Phi) is 3.22. The third kappa shape index (κ3) is 1.81. The molecule has 0 radical (unpaired) electrons. The predicted octanol–water partition coefficient (Wildman–Crippen LogP) is 1.82. The number of fused-ring (bicyclic) bond motifs is 1. The molecule has 1 heterocycles. The first-order valence-corrected chi connectivity index (χ1v) is 6.94. The van der Waals surface area contributed by atoms with Crippen molar-refractivity contribution in [3.8, 4) is 0 Å². The summed E-state index contributed by atoms with van der Waals surface area (Å²) in [7, 11) is 1.63. The number of carbonyl (C=O) groups excluding carboxylic acids is 2. The van der Waals surface area contributed by atoms with Crippen LogP contribution in [0.2, 0.25) is 0 Å². The van der Waals surface area contributed by atoms with Gasteiger partial charge in [-0.2, -0.15) is 0 Å². The summed E-state index contributed by atoms with van der Waals surface area (Å²) in [6.45, 7) is 0. The van der Waals surface area contributed by atoms with Crippen molar-refractivity contribution in [2.75, 3.05) is 12.8 Å². The van der Waals surface area contributed by atoms with Crippen LogP contribution in [0.1, 0.15) is 46.4 Å².